The maximum Gasteiger partial charge on any atom is 0.132 e. The van der Waals surface area contributed by atoms with Gasteiger partial charge in [-0.05, 0) is 24.6 Å². The highest BCUT2D eigenvalue weighted by molar-refractivity contribution is 9.10. The Morgan fingerprint density at radius 1 is 1.26 bits per heavy atom. The van der Waals surface area contributed by atoms with Gasteiger partial charge >= 0.3 is 0 Å². The number of anilines is 1. The van der Waals surface area contributed by atoms with Crippen LogP contribution in [-0.2, 0) is 6.42 Å². The lowest BCUT2D eigenvalue weighted by atomic mass is 10.1. The molecule has 0 bridgehead atoms. The van der Waals surface area contributed by atoms with Crippen LogP contribution in [0.3, 0.4) is 0 Å². The summed E-state index contributed by atoms with van der Waals surface area (Å²) in [5.74, 6) is 1.14. The number of hydrogen-bond donors (Lipinski definition) is 1. The average Bonchev–Trinajstić information content (AvgIpc) is 2.41. The second-order valence-electron chi connectivity index (χ2n) is 4.18. The Labute approximate surface area is 120 Å². The second kappa shape index (κ2) is 6.10. The van der Waals surface area contributed by atoms with Crippen molar-refractivity contribution in [3.05, 3.63) is 40.4 Å². The van der Waals surface area contributed by atoms with Gasteiger partial charge in [0.1, 0.15) is 17.5 Å². The summed E-state index contributed by atoms with van der Waals surface area (Å²) in [6.07, 6.45) is 1.73. The van der Waals surface area contributed by atoms with Crippen LogP contribution in [0.2, 0.25) is 0 Å². The second-order valence-corrected chi connectivity index (χ2v) is 5.09. The summed E-state index contributed by atoms with van der Waals surface area (Å²) in [5.41, 5.74) is 1.08. The van der Waals surface area contributed by atoms with Crippen molar-refractivity contribution >= 4 is 21.7 Å². The first-order valence-corrected chi connectivity index (χ1v) is 6.94. The number of hydrogen-bond acceptors (Lipinski definition) is 3. The van der Waals surface area contributed by atoms with Crippen molar-refractivity contribution in [3.63, 3.8) is 0 Å². The molecule has 0 fully saturated rings. The number of rotatable bonds is 4. The summed E-state index contributed by atoms with van der Waals surface area (Å²) < 4.78 is 14.7. The zero-order valence-electron chi connectivity index (χ0n) is 10.9. The first-order chi connectivity index (χ1) is 9.13. The van der Waals surface area contributed by atoms with Crippen molar-refractivity contribution < 1.29 is 4.39 Å². The van der Waals surface area contributed by atoms with E-state index >= 15 is 0 Å². The Morgan fingerprint density at radius 2 is 2.05 bits per heavy atom. The summed E-state index contributed by atoms with van der Waals surface area (Å²) in [5, 5.41) is 2.98. The van der Waals surface area contributed by atoms with Crippen molar-refractivity contribution in [2.45, 2.75) is 19.8 Å². The number of aryl methyl sites for hydroxylation is 1. The molecule has 3 nitrogen and oxygen atoms in total. The predicted octanol–water partition coefficient (Wildman–Crippen LogP) is 4.04. The van der Waals surface area contributed by atoms with Gasteiger partial charge < -0.3 is 5.32 Å². The largest absolute Gasteiger partial charge is 0.373 e. The Kier molecular flexibility index (Phi) is 4.47. The monoisotopic (exact) mass is 323 g/mol. The Hall–Kier alpha value is -1.49. The molecule has 2 rings (SSSR count). The highest BCUT2D eigenvalue weighted by Crippen LogP contribution is 2.26. The van der Waals surface area contributed by atoms with E-state index in [1.165, 1.54) is 6.07 Å². The van der Waals surface area contributed by atoms with E-state index in [9.17, 15) is 4.39 Å². The fourth-order valence-electron chi connectivity index (χ4n) is 1.79. The van der Waals surface area contributed by atoms with E-state index < -0.39 is 0 Å². The number of benzene rings is 1. The third-order valence-corrected chi connectivity index (χ3v) is 3.20. The maximum absolute atomic E-state index is 13.9. The molecule has 1 N–H and O–H groups in total. The number of nitrogens with one attached hydrogen (secondary N) is 1. The molecule has 1 aromatic carbocycles. The van der Waals surface area contributed by atoms with Gasteiger partial charge in [-0.1, -0.05) is 22.9 Å². The highest BCUT2D eigenvalue weighted by atomic mass is 79.9. The SMILES string of the molecule is CCCc1nc(NC)cc(-c2cc(Br)ccc2F)n1. The molecule has 0 atom stereocenters. The van der Waals surface area contributed by atoms with E-state index in [-0.39, 0.29) is 5.82 Å². The molecule has 5 heteroatoms. The minimum absolute atomic E-state index is 0.286. The van der Waals surface area contributed by atoms with Gasteiger partial charge in [0.05, 0.1) is 5.69 Å². The average molecular weight is 324 g/mol. The molecule has 0 saturated heterocycles. The zero-order chi connectivity index (χ0) is 13.8. The minimum atomic E-state index is -0.286. The van der Waals surface area contributed by atoms with Gasteiger partial charge in [0, 0.05) is 29.6 Å². The summed E-state index contributed by atoms with van der Waals surface area (Å²) in [7, 11) is 1.79. The van der Waals surface area contributed by atoms with Crippen LogP contribution in [-0.4, -0.2) is 17.0 Å². The van der Waals surface area contributed by atoms with Crippen LogP contribution in [0.15, 0.2) is 28.7 Å². The Morgan fingerprint density at radius 3 is 2.74 bits per heavy atom. The van der Waals surface area contributed by atoms with E-state index in [4.69, 9.17) is 0 Å². The van der Waals surface area contributed by atoms with E-state index in [1.807, 2.05) is 0 Å². The molecule has 1 heterocycles. The number of aromatic nitrogens is 2. The fourth-order valence-corrected chi connectivity index (χ4v) is 2.15. The molecule has 0 unspecified atom stereocenters. The van der Waals surface area contributed by atoms with Crippen molar-refractivity contribution in [1.29, 1.82) is 0 Å². The van der Waals surface area contributed by atoms with Crippen molar-refractivity contribution in [1.82, 2.24) is 9.97 Å². The summed E-state index contributed by atoms with van der Waals surface area (Å²) in [4.78, 5) is 8.79. The molecule has 0 saturated carbocycles. The first kappa shape index (κ1) is 13.9. The van der Waals surface area contributed by atoms with Crippen LogP contribution in [0.25, 0.3) is 11.3 Å². The van der Waals surface area contributed by atoms with Gasteiger partial charge in [-0.15, -0.1) is 0 Å². The van der Waals surface area contributed by atoms with Crippen LogP contribution >= 0.6 is 15.9 Å². The maximum atomic E-state index is 13.9. The topological polar surface area (TPSA) is 37.8 Å². The molecule has 100 valence electrons. The van der Waals surface area contributed by atoms with Crippen LogP contribution in [0.5, 0.6) is 0 Å². The van der Waals surface area contributed by atoms with Crippen LogP contribution in [0, 0.1) is 5.82 Å². The molecule has 19 heavy (non-hydrogen) atoms. The van der Waals surface area contributed by atoms with Gasteiger partial charge in [0.15, 0.2) is 0 Å². The van der Waals surface area contributed by atoms with E-state index in [0.29, 0.717) is 17.1 Å². The molecule has 2 aromatic rings. The molecule has 0 aliphatic heterocycles. The molecular formula is C14H15BrFN3. The quantitative estimate of drug-likeness (QED) is 0.922. The molecular weight excluding hydrogens is 309 g/mol. The molecule has 0 amide bonds. The third kappa shape index (κ3) is 3.29. The number of nitrogens with zero attached hydrogens (tertiary/aromatic N) is 2. The third-order valence-electron chi connectivity index (χ3n) is 2.71. The van der Waals surface area contributed by atoms with Crippen molar-refractivity contribution in [3.8, 4) is 11.3 Å². The Balaban J connectivity index is 2.54. The lowest BCUT2D eigenvalue weighted by molar-refractivity contribution is 0.630. The van der Waals surface area contributed by atoms with Gasteiger partial charge in [-0.25, -0.2) is 14.4 Å². The zero-order valence-corrected chi connectivity index (χ0v) is 12.5. The molecule has 0 aliphatic rings. The van der Waals surface area contributed by atoms with E-state index in [1.54, 1.807) is 25.2 Å². The van der Waals surface area contributed by atoms with Gasteiger partial charge in [0.2, 0.25) is 0 Å². The standard InChI is InChI=1S/C14H15BrFN3/c1-3-4-13-18-12(8-14(17-2)19-13)10-7-9(15)5-6-11(10)16/h5-8H,3-4H2,1-2H3,(H,17,18,19). The summed E-state index contributed by atoms with van der Waals surface area (Å²) in [6, 6.07) is 6.59. The Bertz CT molecular complexity index is 587. The lowest BCUT2D eigenvalue weighted by Crippen LogP contribution is -2.02. The highest BCUT2D eigenvalue weighted by Gasteiger charge is 2.10. The summed E-state index contributed by atoms with van der Waals surface area (Å²) in [6.45, 7) is 2.06. The van der Waals surface area contributed by atoms with Gasteiger partial charge in [-0.3, -0.25) is 0 Å². The van der Waals surface area contributed by atoms with Crippen LogP contribution < -0.4 is 5.32 Å². The van der Waals surface area contributed by atoms with Crippen LogP contribution in [0.1, 0.15) is 19.2 Å². The lowest BCUT2D eigenvalue weighted by Gasteiger charge is -2.08. The molecule has 0 radical (unpaired) electrons. The molecule has 1 aromatic heterocycles. The van der Waals surface area contributed by atoms with Gasteiger partial charge in [-0.2, -0.15) is 0 Å². The minimum Gasteiger partial charge on any atom is -0.373 e. The molecule has 0 aliphatic carbocycles. The van der Waals surface area contributed by atoms with Crippen molar-refractivity contribution in [2.24, 2.45) is 0 Å². The predicted molar refractivity (Wildman–Crippen MR) is 78.7 cm³/mol. The van der Waals surface area contributed by atoms with Gasteiger partial charge in [0.25, 0.3) is 0 Å². The van der Waals surface area contributed by atoms with E-state index in [2.05, 4.69) is 38.1 Å². The van der Waals surface area contributed by atoms with E-state index in [0.717, 1.165) is 23.1 Å². The fraction of sp³-hybridized carbons (Fsp3) is 0.286. The molecule has 0 spiro atoms. The van der Waals surface area contributed by atoms with Crippen molar-refractivity contribution in [2.75, 3.05) is 12.4 Å². The normalized spacial score (nSPS) is 10.5. The first-order valence-electron chi connectivity index (χ1n) is 6.15. The summed E-state index contributed by atoms with van der Waals surface area (Å²) >= 11 is 3.35. The van der Waals surface area contributed by atoms with Crippen LogP contribution in [0.4, 0.5) is 10.2 Å². The number of halogens is 2. The smallest absolute Gasteiger partial charge is 0.132 e.